The van der Waals surface area contributed by atoms with Crippen molar-refractivity contribution in [2.75, 3.05) is 25.9 Å². The second-order valence-electron chi connectivity index (χ2n) is 7.40. The van der Waals surface area contributed by atoms with E-state index in [0.29, 0.717) is 6.54 Å². The summed E-state index contributed by atoms with van der Waals surface area (Å²) in [7, 11) is 0. The van der Waals surface area contributed by atoms with E-state index >= 15 is 0 Å². The number of nitrogens with zero attached hydrogens (tertiary/aromatic N) is 1. The maximum atomic E-state index is 12.8. The number of nitrogens with one attached hydrogen (secondary N) is 2. The Morgan fingerprint density at radius 1 is 1.16 bits per heavy atom. The van der Waals surface area contributed by atoms with Crippen molar-refractivity contribution < 1.29 is 22.8 Å². The molecule has 0 radical (unpaired) electrons. The summed E-state index contributed by atoms with van der Waals surface area (Å²) in [6.07, 6.45) is -1.69. The first-order valence-corrected chi connectivity index (χ1v) is 11.1. The number of amides is 2. The minimum Gasteiger partial charge on any atom is -0.350 e. The van der Waals surface area contributed by atoms with Gasteiger partial charge in [-0.1, -0.05) is 18.2 Å². The summed E-state index contributed by atoms with van der Waals surface area (Å²) < 4.78 is 38.3. The van der Waals surface area contributed by atoms with Gasteiger partial charge in [0.15, 0.2) is 0 Å². The van der Waals surface area contributed by atoms with Gasteiger partial charge in [0.1, 0.15) is 0 Å². The van der Waals surface area contributed by atoms with Crippen molar-refractivity contribution in [3.8, 4) is 0 Å². The summed E-state index contributed by atoms with van der Waals surface area (Å²) in [6.45, 7) is 2.07. The molecule has 31 heavy (non-hydrogen) atoms. The molecule has 2 N–H and O–H groups in total. The predicted octanol–water partition coefficient (Wildman–Crippen LogP) is 3.55. The normalized spacial score (nSPS) is 16.8. The number of likely N-dealkylation sites (tertiary alicyclic amines) is 1. The maximum Gasteiger partial charge on any atom is 0.416 e. The fourth-order valence-corrected chi connectivity index (χ4v) is 3.87. The van der Waals surface area contributed by atoms with E-state index < -0.39 is 17.6 Å². The molecule has 1 aliphatic heterocycles. The SMILES string of the molecule is CSc1ccc(CN2CC[C@@H](NC(=O)CNC(=O)c3cccc(C(F)(F)F)c3)C2)cc1. The van der Waals surface area contributed by atoms with Crippen LogP contribution in [-0.2, 0) is 17.5 Å². The fourth-order valence-electron chi connectivity index (χ4n) is 3.46. The van der Waals surface area contributed by atoms with Crippen molar-refractivity contribution in [1.29, 1.82) is 0 Å². The molecule has 0 aromatic heterocycles. The van der Waals surface area contributed by atoms with Crippen LogP contribution in [0.1, 0.15) is 27.9 Å². The zero-order valence-corrected chi connectivity index (χ0v) is 17.9. The Balaban J connectivity index is 1.43. The molecule has 1 atom stereocenters. The van der Waals surface area contributed by atoms with Gasteiger partial charge >= 0.3 is 6.18 Å². The van der Waals surface area contributed by atoms with Gasteiger partial charge in [-0.05, 0) is 48.6 Å². The Kier molecular flexibility index (Phi) is 7.61. The standard InChI is InChI=1S/C22H24F3N3O2S/c1-31-19-7-5-15(6-8-19)13-28-10-9-18(14-28)27-20(29)12-26-21(30)16-3-2-4-17(11-16)22(23,24)25/h2-8,11,18H,9-10,12-14H2,1H3,(H,26,30)(H,27,29)/t18-/m1/s1. The predicted molar refractivity (Wildman–Crippen MR) is 114 cm³/mol. The number of thioether (sulfide) groups is 1. The third-order valence-corrected chi connectivity index (χ3v) is 5.81. The highest BCUT2D eigenvalue weighted by molar-refractivity contribution is 7.98. The number of hydrogen-bond acceptors (Lipinski definition) is 4. The van der Waals surface area contributed by atoms with Crippen molar-refractivity contribution in [2.45, 2.75) is 30.1 Å². The quantitative estimate of drug-likeness (QED) is 0.632. The Hall–Kier alpha value is -2.52. The van der Waals surface area contributed by atoms with Gasteiger partial charge in [0, 0.05) is 36.1 Å². The molecule has 166 valence electrons. The summed E-state index contributed by atoms with van der Waals surface area (Å²) in [6, 6.07) is 12.5. The molecule has 1 fully saturated rings. The Morgan fingerprint density at radius 2 is 1.90 bits per heavy atom. The molecule has 2 aromatic rings. The lowest BCUT2D eigenvalue weighted by Gasteiger charge is -2.17. The Bertz CT molecular complexity index is 919. The first kappa shape index (κ1) is 23.1. The summed E-state index contributed by atoms with van der Waals surface area (Å²) in [4.78, 5) is 27.7. The molecule has 0 spiro atoms. The average molecular weight is 452 g/mol. The molecular formula is C22H24F3N3O2S. The Morgan fingerprint density at radius 3 is 2.58 bits per heavy atom. The zero-order chi connectivity index (χ0) is 22.4. The van der Waals surface area contributed by atoms with Gasteiger partial charge < -0.3 is 10.6 Å². The van der Waals surface area contributed by atoms with Crippen LogP contribution in [0.25, 0.3) is 0 Å². The number of rotatable bonds is 7. The molecule has 1 saturated heterocycles. The smallest absolute Gasteiger partial charge is 0.350 e. The number of hydrogen-bond donors (Lipinski definition) is 2. The van der Waals surface area contributed by atoms with Gasteiger partial charge in [0.2, 0.25) is 5.91 Å². The molecule has 2 aromatic carbocycles. The lowest BCUT2D eigenvalue weighted by Crippen LogP contribution is -2.43. The second kappa shape index (κ2) is 10.2. The van der Waals surface area contributed by atoms with E-state index in [1.165, 1.54) is 22.6 Å². The number of carbonyl (C=O) groups excluding carboxylic acids is 2. The van der Waals surface area contributed by atoms with Gasteiger partial charge in [-0.15, -0.1) is 11.8 Å². The lowest BCUT2D eigenvalue weighted by molar-refractivity contribution is -0.137. The number of halogens is 3. The van der Waals surface area contributed by atoms with Crippen molar-refractivity contribution in [3.05, 3.63) is 65.2 Å². The molecular weight excluding hydrogens is 427 g/mol. The maximum absolute atomic E-state index is 12.8. The van der Waals surface area contributed by atoms with Gasteiger partial charge in [-0.3, -0.25) is 14.5 Å². The number of alkyl halides is 3. The molecule has 3 rings (SSSR count). The second-order valence-corrected chi connectivity index (χ2v) is 8.28. The molecule has 1 aliphatic rings. The van der Waals surface area contributed by atoms with Gasteiger partial charge in [0.25, 0.3) is 5.91 Å². The third-order valence-electron chi connectivity index (χ3n) is 5.06. The van der Waals surface area contributed by atoms with Gasteiger partial charge in [-0.25, -0.2) is 0 Å². The van der Waals surface area contributed by atoms with Gasteiger partial charge in [-0.2, -0.15) is 13.2 Å². The number of carbonyl (C=O) groups is 2. The summed E-state index contributed by atoms with van der Waals surface area (Å²) in [5.74, 6) is -1.08. The van der Waals surface area contributed by atoms with Crippen LogP contribution in [0.5, 0.6) is 0 Å². The van der Waals surface area contributed by atoms with Crippen molar-refractivity contribution in [3.63, 3.8) is 0 Å². The Labute approximate surface area is 183 Å². The van der Waals surface area contributed by atoms with Gasteiger partial charge in [0.05, 0.1) is 12.1 Å². The van der Waals surface area contributed by atoms with Crippen LogP contribution < -0.4 is 10.6 Å². The highest BCUT2D eigenvalue weighted by atomic mass is 32.2. The molecule has 9 heteroatoms. The largest absolute Gasteiger partial charge is 0.416 e. The van der Waals surface area contributed by atoms with E-state index in [4.69, 9.17) is 0 Å². The minimum atomic E-state index is -4.53. The monoisotopic (exact) mass is 451 g/mol. The highest BCUT2D eigenvalue weighted by Gasteiger charge is 2.31. The third kappa shape index (κ3) is 6.73. The summed E-state index contributed by atoms with van der Waals surface area (Å²) in [5, 5.41) is 5.26. The van der Waals surface area contributed by atoms with Crippen LogP contribution >= 0.6 is 11.8 Å². The molecule has 5 nitrogen and oxygen atoms in total. The first-order valence-electron chi connectivity index (χ1n) is 9.84. The molecule has 0 bridgehead atoms. The zero-order valence-electron chi connectivity index (χ0n) is 17.0. The van der Waals surface area contributed by atoms with E-state index in [9.17, 15) is 22.8 Å². The topological polar surface area (TPSA) is 61.4 Å². The van der Waals surface area contributed by atoms with E-state index in [1.54, 1.807) is 11.8 Å². The average Bonchev–Trinajstić information content (AvgIpc) is 3.18. The number of benzene rings is 2. The lowest BCUT2D eigenvalue weighted by atomic mass is 10.1. The summed E-state index contributed by atoms with van der Waals surface area (Å²) in [5.41, 5.74) is 0.166. The van der Waals surface area contributed by atoms with Crippen LogP contribution in [0.15, 0.2) is 53.4 Å². The van der Waals surface area contributed by atoms with Crippen LogP contribution in [0.2, 0.25) is 0 Å². The van der Waals surface area contributed by atoms with Crippen LogP contribution in [0.4, 0.5) is 13.2 Å². The van der Waals surface area contributed by atoms with Crippen molar-refractivity contribution in [1.82, 2.24) is 15.5 Å². The van der Waals surface area contributed by atoms with Crippen LogP contribution in [0, 0.1) is 0 Å². The molecule has 0 saturated carbocycles. The highest BCUT2D eigenvalue weighted by Crippen LogP contribution is 2.29. The van der Waals surface area contributed by atoms with E-state index in [0.717, 1.165) is 31.6 Å². The first-order chi connectivity index (χ1) is 14.7. The molecule has 2 amide bonds. The molecule has 1 heterocycles. The minimum absolute atomic E-state index is 0.0246. The fraction of sp³-hybridized carbons (Fsp3) is 0.364. The summed E-state index contributed by atoms with van der Waals surface area (Å²) >= 11 is 1.69. The van der Waals surface area contributed by atoms with Crippen LogP contribution in [0.3, 0.4) is 0 Å². The molecule has 0 aliphatic carbocycles. The van der Waals surface area contributed by atoms with Crippen molar-refractivity contribution in [2.24, 2.45) is 0 Å². The van der Waals surface area contributed by atoms with Crippen molar-refractivity contribution >= 4 is 23.6 Å². The molecule has 0 unspecified atom stereocenters. The van der Waals surface area contributed by atoms with E-state index in [-0.39, 0.29) is 24.1 Å². The van der Waals surface area contributed by atoms with E-state index in [1.807, 2.05) is 6.26 Å². The van der Waals surface area contributed by atoms with Crippen LogP contribution in [-0.4, -0.2) is 48.6 Å². The van der Waals surface area contributed by atoms with E-state index in [2.05, 4.69) is 39.8 Å².